The quantitative estimate of drug-likeness (QED) is 0.419. The van der Waals surface area contributed by atoms with Gasteiger partial charge < -0.3 is 25.6 Å². The van der Waals surface area contributed by atoms with E-state index in [1.54, 1.807) is 16.3 Å². The second-order valence-corrected chi connectivity index (χ2v) is 8.97. The van der Waals surface area contributed by atoms with Crippen LogP contribution in [0.3, 0.4) is 0 Å². The van der Waals surface area contributed by atoms with E-state index in [2.05, 4.69) is 37.7 Å². The molecule has 3 heterocycles. The van der Waals surface area contributed by atoms with Gasteiger partial charge in [0.1, 0.15) is 5.02 Å². The molecule has 184 valence electrons. The summed E-state index contributed by atoms with van der Waals surface area (Å²) in [5, 5.41) is 11.2. The van der Waals surface area contributed by atoms with Gasteiger partial charge >= 0.3 is 6.09 Å². The number of fused-ring (bicyclic) bond motifs is 1. The summed E-state index contributed by atoms with van der Waals surface area (Å²) in [6, 6.07) is 7.66. The number of hydrogen-bond acceptors (Lipinski definition) is 9. The summed E-state index contributed by atoms with van der Waals surface area (Å²) in [5.41, 5.74) is 3.26. The standard InChI is InChI=1S/C23H26ClN7O3S/c1-4-30-12-14-6-7-15(10-18(14)31(5-2)19(32)13-30)27-22-26-11-16(24)20(29-22)28-17-8-9-35-21(17)34-23(33)25-3/h6-11H,4-5,12-13H2,1-3H3,(H,25,33)(H2,26,27,28,29). The second-order valence-electron chi connectivity index (χ2n) is 7.69. The summed E-state index contributed by atoms with van der Waals surface area (Å²) >= 11 is 7.58. The predicted molar refractivity (Wildman–Crippen MR) is 138 cm³/mol. The van der Waals surface area contributed by atoms with Gasteiger partial charge in [0.2, 0.25) is 16.9 Å². The van der Waals surface area contributed by atoms with Crippen molar-refractivity contribution in [3.8, 4) is 5.06 Å². The van der Waals surface area contributed by atoms with E-state index in [9.17, 15) is 9.59 Å². The third-order valence-corrected chi connectivity index (χ3v) is 6.53. The highest BCUT2D eigenvalue weighted by molar-refractivity contribution is 7.12. The van der Waals surface area contributed by atoms with Crippen molar-refractivity contribution in [1.82, 2.24) is 20.2 Å². The maximum Gasteiger partial charge on any atom is 0.413 e. The van der Waals surface area contributed by atoms with Gasteiger partial charge in [-0.3, -0.25) is 9.69 Å². The second kappa shape index (κ2) is 10.9. The Kier molecular flexibility index (Phi) is 7.69. The van der Waals surface area contributed by atoms with Gasteiger partial charge in [-0.25, -0.2) is 9.78 Å². The van der Waals surface area contributed by atoms with Crippen molar-refractivity contribution in [2.24, 2.45) is 0 Å². The highest BCUT2D eigenvalue weighted by atomic mass is 35.5. The van der Waals surface area contributed by atoms with Gasteiger partial charge in [-0.1, -0.05) is 24.6 Å². The number of nitrogens with zero attached hydrogens (tertiary/aromatic N) is 4. The number of carbonyl (C=O) groups excluding carboxylic acids is 2. The topological polar surface area (TPSA) is 112 Å². The molecule has 3 aromatic rings. The molecule has 0 atom stereocenters. The summed E-state index contributed by atoms with van der Waals surface area (Å²) in [4.78, 5) is 37.1. The number of nitrogens with one attached hydrogen (secondary N) is 3. The first-order chi connectivity index (χ1) is 16.9. The average molecular weight is 516 g/mol. The number of amides is 2. The van der Waals surface area contributed by atoms with Gasteiger partial charge in [0.25, 0.3) is 0 Å². The minimum atomic E-state index is -0.573. The molecule has 12 heteroatoms. The molecule has 0 saturated carbocycles. The van der Waals surface area contributed by atoms with Crippen molar-refractivity contribution in [3.05, 3.63) is 46.4 Å². The van der Waals surface area contributed by atoms with Gasteiger partial charge in [-0.05, 0) is 42.6 Å². The summed E-state index contributed by atoms with van der Waals surface area (Å²) in [5.74, 6) is 0.743. The van der Waals surface area contributed by atoms with Crippen molar-refractivity contribution in [1.29, 1.82) is 0 Å². The number of ether oxygens (including phenoxy) is 1. The Bertz CT molecular complexity index is 1240. The van der Waals surface area contributed by atoms with Crippen LogP contribution in [-0.4, -0.2) is 53.6 Å². The van der Waals surface area contributed by atoms with Crippen LogP contribution in [0.4, 0.5) is 33.6 Å². The van der Waals surface area contributed by atoms with Crippen LogP contribution in [-0.2, 0) is 11.3 Å². The fourth-order valence-corrected chi connectivity index (χ4v) is 4.51. The zero-order valence-electron chi connectivity index (χ0n) is 19.6. The first-order valence-corrected chi connectivity index (χ1v) is 12.4. The van der Waals surface area contributed by atoms with E-state index < -0.39 is 6.09 Å². The van der Waals surface area contributed by atoms with Crippen molar-refractivity contribution in [3.63, 3.8) is 0 Å². The van der Waals surface area contributed by atoms with Crippen molar-refractivity contribution in [2.75, 3.05) is 42.2 Å². The molecule has 1 aliphatic heterocycles. The van der Waals surface area contributed by atoms with Crippen LogP contribution in [0.25, 0.3) is 0 Å². The molecule has 35 heavy (non-hydrogen) atoms. The van der Waals surface area contributed by atoms with Crippen molar-refractivity contribution >= 4 is 63.8 Å². The molecule has 2 aromatic heterocycles. The van der Waals surface area contributed by atoms with Gasteiger partial charge in [0.05, 0.1) is 24.1 Å². The number of rotatable bonds is 7. The highest BCUT2D eigenvalue weighted by Gasteiger charge is 2.25. The third-order valence-electron chi connectivity index (χ3n) is 5.47. The van der Waals surface area contributed by atoms with Crippen LogP contribution in [0, 0.1) is 0 Å². The molecule has 0 saturated heterocycles. The molecular weight excluding hydrogens is 490 g/mol. The molecule has 0 unspecified atom stereocenters. The van der Waals surface area contributed by atoms with Gasteiger partial charge in [0, 0.05) is 25.8 Å². The lowest BCUT2D eigenvalue weighted by molar-refractivity contribution is -0.119. The minimum Gasteiger partial charge on any atom is -0.397 e. The minimum absolute atomic E-state index is 0.0741. The van der Waals surface area contributed by atoms with Crippen LogP contribution >= 0.6 is 22.9 Å². The molecule has 1 aromatic carbocycles. The molecular formula is C23H26ClN7O3S. The van der Waals surface area contributed by atoms with Crippen molar-refractivity contribution < 1.29 is 14.3 Å². The Morgan fingerprint density at radius 3 is 2.77 bits per heavy atom. The van der Waals surface area contributed by atoms with Crippen molar-refractivity contribution in [2.45, 2.75) is 20.4 Å². The third kappa shape index (κ3) is 5.64. The maximum absolute atomic E-state index is 12.8. The molecule has 0 bridgehead atoms. The number of likely N-dealkylation sites (N-methyl/N-ethyl adjacent to an activating group) is 2. The van der Waals surface area contributed by atoms with E-state index in [0.29, 0.717) is 47.2 Å². The van der Waals surface area contributed by atoms with E-state index in [-0.39, 0.29) is 5.91 Å². The van der Waals surface area contributed by atoms with Crippen LogP contribution in [0.5, 0.6) is 5.06 Å². The monoisotopic (exact) mass is 515 g/mol. The number of hydrogen-bond donors (Lipinski definition) is 3. The Labute approximate surface area is 212 Å². The number of thiophene rings is 1. The molecule has 2 amide bonds. The summed E-state index contributed by atoms with van der Waals surface area (Å²) in [6.07, 6.45) is 0.909. The van der Waals surface area contributed by atoms with Crippen LogP contribution in [0.2, 0.25) is 5.02 Å². The van der Waals surface area contributed by atoms with E-state index in [1.807, 2.05) is 25.1 Å². The first kappa shape index (κ1) is 24.7. The number of aromatic nitrogens is 2. The largest absolute Gasteiger partial charge is 0.413 e. The zero-order chi connectivity index (χ0) is 24.9. The fraction of sp³-hybridized carbons (Fsp3) is 0.304. The van der Waals surface area contributed by atoms with E-state index in [4.69, 9.17) is 16.3 Å². The lowest BCUT2D eigenvalue weighted by atomic mass is 10.1. The van der Waals surface area contributed by atoms with Gasteiger partial charge in [-0.2, -0.15) is 4.98 Å². The molecule has 0 radical (unpaired) electrons. The van der Waals surface area contributed by atoms with E-state index in [1.165, 1.54) is 24.6 Å². The first-order valence-electron chi connectivity index (χ1n) is 11.1. The summed E-state index contributed by atoms with van der Waals surface area (Å²) < 4.78 is 5.25. The highest BCUT2D eigenvalue weighted by Crippen LogP contribution is 2.35. The molecule has 10 nitrogen and oxygen atoms in total. The van der Waals surface area contributed by atoms with Gasteiger partial charge in [-0.15, -0.1) is 11.3 Å². The predicted octanol–water partition coefficient (Wildman–Crippen LogP) is 4.59. The Morgan fingerprint density at radius 2 is 2.03 bits per heavy atom. The maximum atomic E-state index is 12.8. The summed E-state index contributed by atoms with van der Waals surface area (Å²) in [7, 11) is 1.49. The SMILES string of the molecule is CCN1CC(=O)N(CC)c2cc(Nc3ncc(Cl)c(Nc4ccsc4OC(=O)NC)n3)ccc2C1. The molecule has 0 aliphatic carbocycles. The summed E-state index contributed by atoms with van der Waals surface area (Å²) in [6.45, 7) is 6.51. The zero-order valence-corrected chi connectivity index (χ0v) is 21.2. The molecule has 0 fully saturated rings. The number of anilines is 5. The number of carbonyl (C=O) groups is 2. The Morgan fingerprint density at radius 1 is 1.20 bits per heavy atom. The van der Waals surface area contributed by atoms with Crippen LogP contribution < -0.4 is 25.6 Å². The molecule has 3 N–H and O–H groups in total. The lowest BCUT2D eigenvalue weighted by Crippen LogP contribution is -2.37. The normalized spacial score (nSPS) is 13.7. The molecule has 0 spiro atoms. The number of benzene rings is 1. The lowest BCUT2D eigenvalue weighted by Gasteiger charge is -2.21. The smallest absolute Gasteiger partial charge is 0.397 e. The fourth-order valence-electron chi connectivity index (χ4n) is 3.68. The van der Waals surface area contributed by atoms with Gasteiger partial charge in [0.15, 0.2) is 5.82 Å². The number of halogens is 1. The Hall–Kier alpha value is -3.41. The van der Waals surface area contributed by atoms with Crippen LogP contribution in [0.15, 0.2) is 35.8 Å². The Balaban J connectivity index is 1.57. The van der Waals surface area contributed by atoms with E-state index >= 15 is 0 Å². The van der Waals surface area contributed by atoms with E-state index in [0.717, 1.165) is 23.5 Å². The average Bonchev–Trinajstić information content (AvgIpc) is 3.22. The molecule has 1 aliphatic rings. The molecule has 4 rings (SSSR count). The van der Waals surface area contributed by atoms with Crippen LogP contribution in [0.1, 0.15) is 19.4 Å².